The Morgan fingerprint density at radius 2 is 1.88 bits per heavy atom. The Balaban J connectivity index is 1.42. The molecule has 3 aromatic carbocycles. The quantitative estimate of drug-likeness (QED) is 0.439. The van der Waals surface area contributed by atoms with Gasteiger partial charge in [0.1, 0.15) is 17.7 Å². The van der Waals surface area contributed by atoms with Gasteiger partial charge in [-0.3, -0.25) is 15.0 Å². The highest BCUT2D eigenvalue weighted by molar-refractivity contribution is 6.30. The number of carbonyl (C=O) groups excluding carboxylic acids is 2. The number of hydrogen-bond acceptors (Lipinski definition) is 5. The molecular weight excluding hydrogens is 454 g/mol. The monoisotopic (exact) mass is 479 g/mol. The van der Waals surface area contributed by atoms with Crippen molar-refractivity contribution in [2.24, 2.45) is 0 Å². The van der Waals surface area contributed by atoms with Crippen molar-refractivity contribution >= 4 is 29.1 Å². The third kappa shape index (κ3) is 5.26. The van der Waals surface area contributed by atoms with Gasteiger partial charge in [0.2, 0.25) is 5.91 Å². The molecule has 3 aromatic rings. The maximum absolute atomic E-state index is 13.3. The summed E-state index contributed by atoms with van der Waals surface area (Å²) in [6, 6.07) is 20.0. The van der Waals surface area contributed by atoms with Crippen LogP contribution in [-0.4, -0.2) is 30.5 Å². The van der Waals surface area contributed by atoms with E-state index in [0.29, 0.717) is 35.1 Å². The molecule has 0 radical (unpaired) electrons. The lowest BCUT2D eigenvalue weighted by atomic mass is 10.0. The summed E-state index contributed by atoms with van der Waals surface area (Å²) in [5.74, 6) is 0.884. The van der Waals surface area contributed by atoms with E-state index in [4.69, 9.17) is 21.1 Å². The predicted molar refractivity (Wildman–Crippen MR) is 131 cm³/mol. The summed E-state index contributed by atoms with van der Waals surface area (Å²) in [5, 5.41) is 5.34. The lowest BCUT2D eigenvalue weighted by molar-refractivity contribution is -0.126. The number of aryl methyl sites for hydroxylation is 1. The molecule has 34 heavy (non-hydrogen) atoms. The van der Waals surface area contributed by atoms with Crippen LogP contribution in [-0.2, 0) is 4.79 Å². The number of rotatable bonds is 8. The maximum atomic E-state index is 13.3. The average Bonchev–Trinajstić information content (AvgIpc) is 2.84. The number of fused-ring (bicyclic) bond motifs is 1. The minimum absolute atomic E-state index is 0.202. The summed E-state index contributed by atoms with van der Waals surface area (Å²) < 4.78 is 11.0. The highest BCUT2D eigenvalue weighted by atomic mass is 35.5. The number of methoxy groups -OCH3 is 1. The van der Waals surface area contributed by atoms with E-state index in [1.807, 2.05) is 55.5 Å². The number of nitrogens with one attached hydrogen (secondary N) is 2. The molecule has 2 N–H and O–H groups in total. The van der Waals surface area contributed by atoms with E-state index in [0.717, 1.165) is 16.9 Å². The molecule has 0 bridgehead atoms. The molecule has 0 aromatic heterocycles. The van der Waals surface area contributed by atoms with Crippen LogP contribution in [0.3, 0.4) is 0 Å². The highest BCUT2D eigenvalue weighted by Gasteiger charge is 2.34. The van der Waals surface area contributed by atoms with Crippen molar-refractivity contribution in [2.75, 3.05) is 19.0 Å². The van der Waals surface area contributed by atoms with Crippen molar-refractivity contribution in [3.05, 3.63) is 88.4 Å². The Bertz CT molecular complexity index is 1180. The van der Waals surface area contributed by atoms with Crippen LogP contribution in [0.1, 0.15) is 40.5 Å². The smallest absolute Gasteiger partial charge is 0.276 e. The lowest BCUT2D eigenvalue weighted by Gasteiger charge is -2.37. The van der Waals surface area contributed by atoms with Crippen molar-refractivity contribution in [1.82, 2.24) is 10.4 Å². The van der Waals surface area contributed by atoms with Gasteiger partial charge in [0.05, 0.1) is 19.3 Å². The van der Waals surface area contributed by atoms with Crippen molar-refractivity contribution in [3.8, 4) is 11.5 Å². The molecule has 0 saturated carbocycles. The molecule has 1 atom stereocenters. The van der Waals surface area contributed by atoms with Gasteiger partial charge < -0.3 is 14.8 Å². The highest BCUT2D eigenvalue weighted by Crippen LogP contribution is 2.32. The number of carbonyl (C=O) groups is 2. The summed E-state index contributed by atoms with van der Waals surface area (Å²) in [6.45, 7) is 2.28. The zero-order valence-corrected chi connectivity index (χ0v) is 19.8. The van der Waals surface area contributed by atoms with Crippen LogP contribution >= 0.6 is 11.6 Å². The number of anilines is 1. The molecule has 8 heteroatoms. The third-order valence-electron chi connectivity index (χ3n) is 5.55. The molecule has 176 valence electrons. The minimum atomic E-state index is -0.565. The largest absolute Gasteiger partial charge is 0.497 e. The number of halogens is 1. The van der Waals surface area contributed by atoms with Crippen LogP contribution in [0, 0.1) is 6.92 Å². The summed E-state index contributed by atoms with van der Waals surface area (Å²) in [5.41, 5.74) is 5.73. The molecule has 0 saturated heterocycles. The fourth-order valence-corrected chi connectivity index (χ4v) is 3.99. The number of nitrogens with zero attached hydrogens (tertiary/aromatic N) is 1. The van der Waals surface area contributed by atoms with E-state index in [1.165, 1.54) is 5.01 Å². The first kappa shape index (κ1) is 23.4. The summed E-state index contributed by atoms with van der Waals surface area (Å²) in [6.07, 6.45) is 0.130. The molecule has 4 rings (SSSR count). The van der Waals surface area contributed by atoms with E-state index in [9.17, 15) is 9.59 Å². The van der Waals surface area contributed by atoms with Gasteiger partial charge in [0.15, 0.2) is 0 Å². The van der Waals surface area contributed by atoms with Gasteiger partial charge in [-0.05, 0) is 66.9 Å². The number of para-hydroxylation sites is 1. The van der Waals surface area contributed by atoms with E-state index < -0.39 is 6.17 Å². The van der Waals surface area contributed by atoms with E-state index >= 15 is 0 Å². The normalized spacial score (nSPS) is 14.7. The van der Waals surface area contributed by atoms with Crippen LogP contribution < -0.4 is 20.2 Å². The zero-order chi connectivity index (χ0) is 24.1. The Morgan fingerprint density at radius 1 is 1.12 bits per heavy atom. The van der Waals surface area contributed by atoms with Crippen molar-refractivity contribution in [2.45, 2.75) is 25.9 Å². The lowest BCUT2D eigenvalue weighted by Crippen LogP contribution is -2.52. The first-order valence-electron chi connectivity index (χ1n) is 11.0. The van der Waals surface area contributed by atoms with Crippen molar-refractivity contribution < 1.29 is 19.1 Å². The Kier molecular flexibility index (Phi) is 7.23. The molecular formula is C26H26ClN3O4. The summed E-state index contributed by atoms with van der Waals surface area (Å²) in [4.78, 5) is 26.0. The number of ether oxygens (including phenoxy) is 2. The second kappa shape index (κ2) is 10.5. The molecule has 2 amide bonds. The Labute approximate surface area is 203 Å². The van der Waals surface area contributed by atoms with Crippen molar-refractivity contribution in [3.63, 3.8) is 0 Å². The Hall–Kier alpha value is -3.71. The van der Waals surface area contributed by atoms with Gasteiger partial charge in [-0.25, -0.2) is 5.01 Å². The fraction of sp³-hybridized carbons (Fsp3) is 0.231. The number of benzene rings is 3. The van der Waals surface area contributed by atoms with Gasteiger partial charge >= 0.3 is 0 Å². The molecule has 1 heterocycles. The first-order chi connectivity index (χ1) is 16.5. The zero-order valence-electron chi connectivity index (χ0n) is 19.0. The molecule has 0 fully saturated rings. The van der Waals surface area contributed by atoms with Gasteiger partial charge in [-0.1, -0.05) is 35.9 Å². The second-order valence-electron chi connectivity index (χ2n) is 7.94. The Morgan fingerprint density at radius 3 is 2.62 bits per heavy atom. The van der Waals surface area contributed by atoms with Crippen LogP contribution in [0.15, 0.2) is 66.7 Å². The number of hydrogen-bond donors (Lipinski definition) is 2. The predicted octanol–water partition coefficient (Wildman–Crippen LogP) is 5.11. The summed E-state index contributed by atoms with van der Waals surface area (Å²) >= 11 is 5.97. The molecule has 0 aliphatic carbocycles. The van der Waals surface area contributed by atoms with E-state index in [-0.39, 0.29) is 18.2 Å². The topological polar surface area (TPSA) is 79.9 Å². The standard InChI is InChI=1S/C26H26ClN3O4/c1-17-16-19(27)11-14-23(17)34-15-5-8-24(31)29-30-25(18-9-12-20(33-2)13-10-18)28-22-7-4-3-6-21(22)26(30)32/h3-4,6-7,9-14,16,25,28H,5,8,15H2,1-2H3,(H,29,31). The molecule has 7 nitrogen and oxygen atoms in total. The van der Waals surface area contributed by atoms with E-state index in [1.54, 1.807) is 25.3 Å². The third-order valence-corrected chi connectivity index (χ3v) is 5.78. The minimum Gasteiger partial charge on any atom is -0.497 e. The van der Waals surface area contributed by atoms with Crippen LogP contribution in [0.4, 0.5) is 5.69 Å². The van der Waals surface area contributed by atoms with E-state index in [2.05, 4.69) is 10.7 Å². The van der Waals surface area contributed by atoms with Crippen LogP contribution in [0.5, 0.6) is 11.5 Å². The SMILES string of the molecule is COc1ccc(C2Nc3ccccc3C(=O)N2NC(=O)CCCOc2ccc(Cl)cc2C)cc1. The number of hydrazine groups is 1. The summed E-state index contributed by atoms with van der Waals surface area (Å²) in [7, 11) is 1.60. The second-order valence-corrected chi connectivity index (χ2v) is 8.37. The molecule has 0 spiro atoms. The fourth-order valence-electron chi connectivity index (χ4n) is 3.77. The number of amides is 2. The first-order valence-corrected chi connectivity index (χ1v) is 11.4. The average molecular weight is 480 g/mol. The van der Waals surface area contributed by atoms with Gasteiger partial charge in [-0.2, -0.15) is 0 Å². The van der Waals surface area contributed by atoms with Gasteiger partial charge in [-0.15, -0.1) is 0 Å². The van der Waals surface area contributed by atoms with Crippen molar-refractivity contribution in [1.29, 1.82) is 0 Å². The molecule has 1 aliphatic rings. The molecule has 1 aliphatic heterocycles. The van der Waals surface area contributed by atoms with Gasteiger partial charge in [0.25, 0.3) is 5.91 Å². The van der Waals surface area contributed by atoms with Crippen LogP contribution in [0.2, 0.25) is 5.02 Å². The van der Waals surface area contributed by atoms with Crippen LogP contribution in [0.25, 0.3) is 0 Å². The maximum Gasteiger partial charge on any atom is 0.276 e. The molecule has 1 unspecified atom stereocenters. The van der Waals surface area contributed by atoms with Gasteiger partial charge in [0, 0.05) is 17.1 Å².